The molecular formula is C9H18N2O. The highest BCUT2D eigenvalue weighted by Crippen LogP contribution is 2.40. The zero-order valence-corrected chi connectivity index (χ0v) is 7.59. The summed E-state index contributed by atoms with van der Waals surface area (Å²) in [7, 11) is 0. The van der Waals surface area contributed by atoms with Crippen molar-refractivity contribution >= 4 is 0 Å². The second kappa shape index (κ2) is 3.32. The Morgan fingerprint density at radius 2 is 2.08 bits per heavy atom. The van der Waals surface area contributed by atoms with Gasteiger partial charge in [-0.05, 0) is 19.3 Å². The van der Waals surface area contributed by atoms with Crippen molar-refractivity contribution in [2.45, 2.75) is 24.8 Å². The Labute approximate surface area is 73.9 Å². The van der Waals surface area contributed by atoms with Crippen LogP contribution in [0.25, 0.3) is 0 Å². The molecular weight excluding hydrogens is 152 g/mol. The standard InChI is InChI=1S/C9H18N2O/c10-8-9(2-3-9)11-4-1-6-12-7-5-11/h1-8,10H2. The molecule has 3 heteroatoms. The molecule has 1 aliphatic heterocycles. The minimum absolute atomic E-state index is 0.383. The van der Waals surface area contributed by atoms with Gasteiger partial charge in [0.25, 0.3) is 0 Å². The molecule has 2 aliphatic rings. The molecule has 1 heterocycles. The van der Waals surface area contributed by atoms with Crippen molar-refractivity contribution in [2.75, 3.05) is 32.8 Å². The highest BCUT2D eigenvalue weighted by molar-refractivity contribution is 5.04. The molecule has 0 aromatic rings. The van der Waals surface area contributed by atoms with Crippen LogP contribution in [-0.4, -0.2) is 43.3 Å². The van der Waals surface area contributed by atoms with Crippen molar-refractivity contribution in [3.63, 3.8) is 0 Å². The third kappa shape index (κ3) is 1.49. The predicted molar refractivity (Wildman–Crippen MR) is 48.0 cm³/mol. The molecule has 1 saturated heterocycles. The first-order valence-electron chi connectivity index (χ1n) is 4.90. The molecule has 0 spiro atoms. The molecule has 2 rings (SSSR count). The van der Waals surface area contributed by atoms with E-state index in [9.17, 15) is 0 Å². The molecule has 0 radical (unpaired) electrons. The van der Waals surface area contributed by atoms with E-state index in [0.29, 0.717) is 5.54 Å². The summed E-state index contributed by atoms with van der Waals surface area (Å²) in [6.07, 6.45) is 3.76. The lowest BCUT2D eigenvalue weighted by Gasteiger charge is -2.28. The minimum Gasteiger partial charge on any atom is -0.380 e. The van der Waals surface area contributed by atoms with Crippen LogP contribution in [0.5, 0.6) is 0 Å². The monoisotopic (exact) mass is 170 g/mol. The van der Waals surface area contributed by atoms with E-state index < -0.39 is 0 Å². The van der Waals surface area contributed by atoms with Gasteiger partial charge in [0, 0.05) is 31.8 Å². The van der Waals surface area contributed by atoms with Crippen LogP contribution >= 0.6 is 0 Å². The zero-order valence-electron chi connectivity index (χ0n) is 7.59. The summed E-state index contributed by atoms with van der Waals surface area (Å²) in [6.45, 7) is 4.90. The third-order valence-electron chi connectivity index (χ3n) is 3.10. The Morgan fingerprint density at radius 3 is 2.75 bits per heavy atom. The van der Waals surface area contributed by atoms with E-state index >= 15 is 0 Å². The first-order chi connectivity index (χ1) is 5.87. The maximum absolute atomic E-state index is 5.77. The zero-order chi connectivity index (χ0) is 8.44. The van der Waals surface area contributed by atoms with Gasteiger partial charge in [-0.2, -0.15) is 0 Å². The number of hydrogen-bond donors (Lipinski definition) is 1. The highest BCUT2D eigenvalue weighted by atomic mass is 16.5. The van der Waals surface area contributed by atoms with Crippen LogP contribution in [0.4, 0.5) is 0 Å². The maximum Gasteiger partial charge on any atom is 0.0593 e. The molecule has 12 heavy (non-hydrogen) atoms. The number of nitrogens with two attached hydrogens (primary N) is 1. The molecule has 2 N–H and O–H groups in total. The molecule has 1 aliphatic carbocycles. The van der Waals surface area contributed by atoms with Gasteiger partial charge in [0.05, 0.1) is 6.61 Å². The van der Waals surface area contributed by atoms with Crippen LogP contribution in [0, 0.1) is 0 Å². The van der Waals surface area contributed by atoms with Crippen molar-refractivity contribution in [1.82, 2.24) is 4.90 Å². The lowest BCUT2D eigenvalue weighted by molar-refractivity contribution is 0.128. The van der Waals surface area contributed by atoms with Gasteiger partial charge in [0.15, 0.2) is 0 Å². The number of nitrogens with zero attached hydrogens (tertiary/aromatic N) is 1. The van der Waals surface area contributed by atoms with Gasteiger partial charge in [-0.25, -0.2) is 0 Å². The first kappa shape index (κ1) is 8.48. The van der Waals surface area contributed by atoms with Gasteiger partial charge in [-0.15, -0.1) is 0 Å². The van der Waals surface area contributed by atoms with Gasteiger partial charge in [0.1, 0.15) is 0 Å². The number of rotatable bonds is 2. The summed E-state index contributed by atoms with van der Waals surface area (Å²) in [6, 6.07) is 0. The number of ether oxygens (including phenoxy) is 1. The molecule has 0 amide bonds. The van der Waals surface area contributed by atoms with Gasteiger partial charge in [-0.1, -0.05) is 0 Å². The summed E-state index contributed by atoms with van der Waals surface area (Å²) < 4.78 is 5.41. The lowest BCUT2D eigenvalue weighted by Crippen LogP contribution is -2.44. The minimum atomic E-state index is 0.383. The van der Waals surface area contributed by atoms with Crippen LogP contribution in [0.2, 0.25) is 0 Å². The first-order valence-corrected chi connectivity index (χ1v) is 4.90. The highest BCUT2D eigenvalue weighted by Gasteiger charge is 2.46. The quantitative estimate of drug-likeness (QED) is 0.643. The van der Waals surface area contributed by atoms with E-state index in [2.05, 4.69) is 4.90 Å². The van der Waals surface area contributed by atoms with Crippen LogP contribution in [0.3, 0.4) is 0 Å². The molecule has 0 aromatic carbocycles. The van der Waals surface area contributed by atoms with E-state index in [4.69, 9.17) is 10.5 Å². The molecule has 70 valence electrons. The fourth-order valence-electron chi connectivity index (χ4n) is 2.01. The summed E-state index contributed by atoms with van der Waals surface area (Å²) in [4.78, 5) is 2.53. The van der Waals surface area contributed by atoms with Crippen molar-refractivity contribution in [3.8, 4) is 0 Å². The Balaban J connectivity index is 1.92. The smallest absolute Gasteiger partial charge is 0.0593 e. The molecule has 0 bridgehead atoms. The molecule has 0 unspecified atom stereocenters. The lowest BCUT2D eigenvalue weighted by atomic mass is 10.2. The maximum atomic E-state index is 5.77. The molecule has 0 aromatic heterocycles. The van der Waals surface area contributed by atoms with Crippen molar-refractivity contribution in [2.24, 2.45) is 5.73 Å². The molecule has 1 saturated carbocycles. The third-order valence-corrected chi connectivity index (χ3v) is 3.10. The number of hydrogen-bond acceptors (Lipinski definition) is 3. The second-order valence-electron chi connectivity index (χ2n) is 3.88. The van der Waals surface area contributed by atoms with E-state index in [-0.39, 0.29) is 0 Å². The van der Waals surface area contributed by atoms with Crippen LogP contribution < -0.4 is 5.73 Å². The molecule has 2 fully saturated rings. The van der Waals surface area contributed by atoms with E-state index in [0.717, 1.165) is 26.3 Å². The topological polar surface area (TPSA) is 38.5 Å². The molecule has 3 nitrogen and oxygen atoms in total. The molecule has 0 atom stereocenters. The Kier molecular flexibility index (Phi) is 2.35. The average molecular weight is 170 g/mol. The summed E-state index contributed by atoms with van der Waals surface area (Å²) in [5.74, 6) is 0. The van der Waals surface area contributed by atoms with E-state index in [1.807, 2.05) is 0 Å². The average Bonchev–Trinajstić information content (AvgIpc) is 2.90. The Hall–Kier alpha value is -0.120. The van der Waals surface area contributed by atoms with E-state index in [1.165, 1.54) is 25.8 Å². The van der Waals surface area contributed by atoms with Crippen LogP contribution in [-0.2, 0) is 4.74 Å². The van der Waals surface area contributed by atoms with Crippen molar-refractivity contribution < 1.29 is 4.74 Å². The fourth-order valence-corrected chi connectivity index (χ4v) is 2.01. The Morgan fingerprint density at radius 1 is 1.25 bits per heavy atom. The van der Waals surface area contributed by atoms with Gasteiger partial charge in [0.2, 0.25) is 0 Å². The largest absolute Gasteiger partial charge is 0.380 e. The normalized spacial score (nSPS) is 29.8. The summed E-state index contributed by atoms with van der Waals surface area (Å²) in [5.41, 5.74) is 6.15. The summed E-state index contributed by atoms with van der Waals surface area (Å²) >= 11 is 0. The fraction of sp³-hybridized carbons (Fsp3) is 1.00. The van der Waals surface area contributed by atoms with Crippen LogP contribution in [0.15, 0.2) is 0 Å². The van der Waals surface area contributed by atoms with Gasteiger partial charge >= 0.3 is 0 Å². The SMILES string of the molecule is NCC1(N2CCCOCC2)CC1. The van der Waals surface area contributed by atoms with Gasteiger partial charge < -0.3 is 10.5 Å². The van der Waals surface area contributed by atoms with E-state index in [1.54, 1.807) is 0 Å². The van der Waals surface area contributed by atoms with Crippen LogP contribution in [0.1, 0.15) is 19.3 Å². The second-order valence-corrected chi connectivity index (χ2v) is 3.88. The van der Waals surface area contributed by atoms with Crippen molar-refractivity contribution in [3.05, 3.63) is 0 Å². The summed E-state index contributed by atoms with van der Waals surface area (Å²) in [5, 5.41) is 0. The Bertz CT molecular complexity index is 149. The van der Waals surface area contributed by atoms with Crippen molar-refractivity contribution in [1.29, 1.82) is 0 Å². The predicted octanol–water partition coefficient (Wildman–Crippen LogP) is 0.200. The van der Waals surface area contributed by atoms with Gasteiger partial charge in [-0.3, -0.25) is 4.90 Å².